The topological polar surface area (TPSA) is 62.2 Å². The Morgan fingerprint density at radius 1 is 1.17 bits per heavy atom. The summed E-state index contributed by atoms with van der Waals surface area (Å²) in [5.74, 6) is -1.29. The minimum Gasteiger partial charge on any atom is -0.391 e. The summed E-state index contributed by atoms with van der Waals surface area (Å²) in [5, 5.41) is 7.77. The molecule has 0 bridgehead atoms. The lowest BCUT2D eigenvalue weighted by Crippen LogP contribution is -2.53. The average molecular weight is 426 g/mol. The van der Waals surface area contributed by atoms with Crippen LogP contribution in [0.3, 0.4) is 0 Å². The van der Waals surface area contributed by atoms with Gasteiger partial charge in [0.1, 0.15) is 17.7 Å². The van der Waals surface area contributed by atoms with Crippen LogP contribution in [-0.4, -0.2) is 39.2 Å². The van der Waals surface area contributed by atoms with Gasteiger partial charge in [-0.3, -0.25) is 9.59 Å². The van der Waals surface area contributed by atoms with Gasteiger partial charge in [0.05, 0.1) is 0 Å². The van der Waals surface area contributed by atoms with Crippen LogP contribution in [-0.2, 0) is 21.0 Å². The Kier molecular flexibility index (Phi) is 5.38. The average Bonchev–Trinajstić information content (AvgIpc) is 3.19. The predicted molar refractivity (Wildman–Crippen MR) is 115 cm³/mol. The number of benzene rings is 2. The lowest BCUT2D eigenvalue weighted by molar-refractivity contribution is -0.164. The molecule has 0 aliphatic carbocycles. The van der Waals surface area contributed by atoms with Crippen LogP contribution in [0, 0.1) is 5.92 Å². The second-order valence-electron chi connectivity index (χ2n) is 8.32. The number of nitrogens with zero attached hydrogens (tertiary/aromatic N) is 3. The number of hydrogen-bond acceptors (Lipinski definition) is 5. The minimum atomic E-state index is -0.721. The van der Waals surface area contributed by atoms with Crippen molar-refractivity contribution in [2.75, 3.05) is 0 Å². The van der Waals surface area contributed by atoms with Crippen LogP contribution in [0.2, 0.25) is 5.02 Å². The van der Waals surface area contributed by atoms with E-state index in [0.717, 1.165) is 5.56 Å². The van der Waals surface area contributed by atoms with Crippen molar-refractivity contribution < 1.29 is 14.4 Å². The number of oxime groups is 1. The number of hydrogen-bond donors (Lipinski definition) is 0. The van der Waals surface area contributed by atoms with Gasteiger partial charge in [0, 0.05) is 29.1 Å². The molecule has 0 unspecified atom stereocenters. The van der Waals surface area contributed by atoms with Gasteiger partial charge in [-0.25, -0.2) is 10.0 Å². The van der Waals surface area contributed by atoms with Gasteiger partial charge in [-0.1, -0.05) is 65.3 Å². The third-order valence-electron chi connectivity index (χ3n) is 5.64. The summed E-state index contributed by atoms with van der Waals surface area (Å²) in [7, 11) is 0. The zero-order chi connectivity index (χ0) is 21.5. The van der Waals surface area contributed by atoms with E-state index in [-0.39, 0.29) is 18.2 Å². The first-order valence-corrected chi connectivity index (χ1v) is 10.3. The van der Waals surface area contributed by atoms with Gasteiger partial charge in [0.2, 0.25) is 5.91 Å². The van der Waals surface area contributed by atoms with Crippen molar-refractivity contribution in [1.29, 1.82) is 0 Å². The molecule has 2 aliphatic heterocycles. The molecule has 0 spiro atoms. The highest BCUT2D eigenvalue weighted by Crippen LogP contribution is 2.36. The molecule has 2 aliphatic rings. The normalized spacial score (nSPS) is 23.4. The van der Waals surface area contributed by atoms with Crippen molar-refractivity contribution in [3.63, 3.8) is 0 Å². The lowest BCUT2D eigenvalue weighted by atomic mass is 9.92. The van der Waals surface area contributed by atoms with Crippen molar-refractivity contribution >= 4 is 29.1 Å². The highest BCUT2D eigenvalue weighted by Gasteiger charge is 2.51. The van der Waals surface area contributed by atoms with Crippen molar-refractivity contribution in [1.82, 2.24) is 10.0 Å². The van der Waals surface area contributed by atoms with Crippen LogP contribution in [0.25, 0.3) is 0 Å². The third kappa shape index (κ3) is 3.61. The summed E-state index contributed by atoms with van der Waals surface area (Å²) in [5.41, 5.74) is 1.62. The Hall–Kier alpha value is -2.70. The lowest BCUT2D eigenvalue weighted by Gasteiger charge is -2.36. The van der Waals surface area contributed by atoms with Crippen LogP contribution in [0.15, 0.2) is 59.8 Å². The third-order valence-corrected chi connectivity index (χ3v) is 5.97. The fourth-order valence-corrected chi connectivity index (χ4v) is 4.27. The molecule has 2 aromatic rings. The Bertz CT molecular complexity index is 1010. The first-order valence-electron chi connectivity index (χ1n) is 9.96. The predicted octanol–water partition coefficient (Wildman–Crippen LogP) is 4.03. The van der Waals surface area contributed by atoms with E-state index in [1.54, 1.807) is 19.1 Å². The van der Waals surface area contributed by atoms with Crippen molar-refractivity contribution in [3.05, 3.63) is 70.7 Å². The highest BCUT2D eigenvalue weighted by atomic mass is 35.5. The molecule has 1 saturated heterocycles. The largest absolute Gasteiger partial charge is 0.391 e. The van der Waals surface area contributed by atoms with Crippen molar-refractivity contribution in [2.45, 2.75) is 45.4 Å². The number of carbonyl (C=O) groups excluding carboxylic acids is 2. The Morgan fingerprint density at radius 2 is 1.83 bits per heavy atom. The van der Waals surface area contributed by atoms with Crippen LogP contribution < -0.4 is 0 Å². The van der Waals surface area contributed by atoms with Gasteiger partial charge in [0.15, 0.2) is 0 Å². The molecule has 2 aromatic carbocycles. The van der Waals surface area contributed by atoms with Crippen molar-refractivity contribution in [3.8, 4) is 0 Å². The van der Waals surface area contributed by atoms with E-state index in [0.29, 0.717) is 22.8 Å². The number of hydrazine groups is 1. The Morgan fingerprint density at radius 3 is 2.53 bits per heavy atom. The van der Waals surface area contributed by atoms with Gasteiger partial charge in [0.25, 0.3) is 5.91 Å². The van der Waals surface area contributed by atoms with Gasteiger partial charge in [-0.05, 0) is 32.4 Å². The van der Waals surface area contributed by atoms with E-state index in [1.165, 1.54) is 5.01 Å². The monoisotopic (exact) mass is 425 g/mol. The molecule has 0 aromatic heterocycles. The molecule has 6 nitrogen and oxygen atoms in total. The summed E-state index contributed by atoms with van der Waals surface area (Å²) in [6, 6.07) is 17.0. The second kappa shape index (κ2) is 7.85. The maximum Gasteiger partial charge on any atom is 0.257 e. The summed E-state index contributed by atoms with van der Waals surface area (Å²) in [4.78, 5) is 32.1. The first-order chi connectivity index (χ1) is 14.3. The van der Waals surface area contributed by atoms with Crippen LogP contribution >= 0.6 is 11.6 Å². The summed E-state index contributed by atoms with van der Waals surface area (Å²) in [6.45, 7) is 6.17. The van der Waals surface area contributed by atoms with E-state index in [1.807, 2.05) is 61.3 Å². The minimum absolute atomic E-state index is 0.224. The molecule has 30 heavy (non-hydrogen) atoms. The highest BCUT2D eigenvalue weighted by molar-refractivity contribution is 6.35. The Labute approximate surface area is 181 Å². The summed E-state index contributed by atoms with van der Waals surface area (Å²) >= 11 is 6.35. The van der Waals surface area contributed by atoms with Crippen LogP contribution in [0.5, 0.6) is 0 Å². The van der Waals surface area contributed by atoms with E-state index < -0.39 is 17.6 Å². The molecule has 0 N–H and O–H groups in total. The molecule has 0 saturated carbocycles. The number of carbonyl (C=O) groups is 2. The molecular formula is C23H24ClN3O3. The summed E-state index contributed by atoms with van der Waals surface area (Å²) in [6.07, 6.45) is -0.245. The van der Waals surface area contributed by atoms with E-state index in [9.17, 15) is 9.59 Å². The zero-order valence-electron chi connectivity index (χ0n) is 17.2. The quantitative estimate of drug-likeness (QED) is 0.694. The van der Waals surface area contributed by atoms with E-state index >= 15 is 0 Å². The summed E-state index contributed by atoms with van der Waals surface area (Å²) < 4.78 is 0. The smallest absolute Gasteiger partial charge is 0.257 e. The Balaban J connectivity index is 1.68. The van der Waals surface area contributed by atoms with Gasteiger partial charge >= 0.3 is 0 Å². The van der Waals surface area contributed by atoms with Crippen LogP contribution in [0.4, 0.5) is 0 Å². The molecule has 1 fully saturated rings. The van der Waals surface area contributed by atoms with Crippen LogP contribution in [0.1, 0.15) is 38.3 Å². The van der Waals surface area contributed by atoms with E-state index in [4.69, 9.17) is 16.4 Å². The number of rotatable bonds is 4. The van der Waals surface area contributed by atoms with Gasteiger partial charge in [-0.15, -0.1) is 0 Å². The van der Waals surface area contributed by atoms with Gasteiger partial charge in [-0.2, -0.15) is 0 Å². The molecule has 156 valence electrons. The molecule has 2 atom stereocenters. The fraction of sp³-hybridized carbons (Fsp3) is 0.348. The van der Waals surface area contributed by atoms with Gasteiger partial charge < -0.3 is 4.84 Å². The number of halogens is 1. The zero-order valence-corrected chi connectivity index (χ0v) is 18.0. The fourth-order valence-electron chi connectivity index (χ4n) is 4.04. The SMILES string of the molecule is C[C@@H]1ON=C(c2ccccc2Cl)[C@H]1C(=O)N1C(=O)CC(C)(C)N1Cc1ccccc1. The molecular weight excluding hydrogens is 402 g/mol. The molecule has 0 radical (unpaired) electrons. The standard InChI is InChI=1S/C23H24ClN3O3/c1-15-20(21(25-30-15)17-11-7-8-12-18(17)24)22(29)27-19(28)13-23(2,3)26(27)14-16-9-5-4-6-10-16/h4-12,15,20H,13-14H2,1-3H3/t15-,20-/m0/s1. The number of amides is 2. The maximum atomic E-state index is 13.7. The molecule has 2 amide bonds. The molecule has 7 heteroatoms. The van der Waals surface area contributed by atoms with E-state index in [2.05, 4.69) is 5.16 Å². The maximum absolute atomic E-state index is 13.7. The number of imide groups is 1. The second-order valence-corrected chi connectivity index (χ2v) is 8.73. The molecule has 2 heterocycles. The van der Waals surface area contributed by atoms with Crippen molar-refractivity contribution in [2.24, 2.45) is 11.1 Å². The molecule has 4 rings (SSSR count). The first kappa shape index (κ1) is 20.6.